The van der Waals surface area contributed by atoms with Gasteiger partial charge in [-0.25, -0.2) is 12.8 Å². The predicted octanol–water partition coefficient (Wildman–Crippen LogP) is 3.17. The van der Waals surface area contributed by atoms with E-state index in [0.29, 0.717) is 17.9 Å². The Bertz CT molecular complexity index is 866. The molecule has 0 unspecified atom stereocenters. The Morgan fingerprint density at radius 3 is 2.19 bits per heavy atom. The highest BCUT2D eigenvalue weighted by Crippen LogP contribution is 2.18. The molecule has 2 aromatic carbocycles. The van der Waals surface area contributed by atoms with Gasteiger partial charge in [0.15, 0.2) is 0 Å². The lowest BCUT2D eigenvalue weighted by molar-refractivity contribution is -0.118. The van der Waals surface area contributed by atoms with Gasteiger partial charge in [0, 0.05) is 5.69 Å². The summed E-state index contributed by atoms with van der Waals surface area (Å²) >= 11 is 0. The normalized spacial score (nSPS) is 12.6. The smallest absolute Gasteiger partial charge is 0.242 e. The lowest BCUT2D eigenvalue weighted by atomic mass is 10.0. The molecule has 27 heavy (non-hydrogen) atoms. The zero-order chi connectivity index (χ0) is 20.0. The molecule has 0 aliphatic heterocycles. The van der Waals surface area contributed by atoms with Crippen molar-refractivity contribution in [3.63, 3.8) is 0 Å². The molecule has 0 saturated heterocycles. The van der Waals surface area contributed by atoms with Gasteiger partial charge in [-0.15, -0.1) is 0 Å². The van der Waals surface area contributed by atoms with E-state index >= 15 is 0 Å². The number of carbonyl (C=O) groups is 1. The van der Waals surface area contributed by atoms with Crippen LogP contribution in [0.15, 0.2) is 53.4 Å². The standard InChI is InChI=1S/C19H23FN2O4S/c1-13(2)12-18(19(23)21-15-6-4-14(20)5-7-15)22-27(24,25)17-10-8-16(26-3)9-11-17/h4-11,13,18,22H,12H2,1-3H3,(H,21,23)/t18-/m1/s1. The van der Waals surface area contributed by atoms with Gasteiger partial charge < -0.3 is 10.1 Å². The molecular weight excluding hydrogens is 371 g/mol. The van der Waals surface area contributed by atoms with Gasteiger partial charge in [-0.3, -0.25) is 4.79 Å². The van der Waals surface area contributed by atoms with Crippen LogP contribution in [-0.2, 0) is 14.8 Å². The van der Waals surface area contributed by atoms with Crippen LogP contribution < -0.4 is 14.8 Å². The average molecular weight is 394 g/mol. The zero-order valence-corrected chi connectivity index (χ0v) is 16.2. The van der Waals surface area contributed by atoms with Gasteiger partial charge in [-0.05, 0) is 60.9 Å². The second-order valence-corrected chi connectivity index (χ2v) is 8.19. The first kappa shape index (κ1) is 20.9. The van der Waals surface area contributed by atoms with Crippen molar-refractivity contribution < 1.29 is 22.3 Å². The van der Waals surface area contributed by atoms with E-state index in [-0.39, 0.29) is 10.8 Å². The summed E-state index contributed by atoms with van der Waals surface area (Å²) in [7, 11) is -2.41. The van der Waals surface area contributed by atoms with Crippen molar-refractivity contribution in [3.8, 4) is 5.75 Å². The van der Waals surface area contributed by atoms with Gasteiger partial charge in [0.2, 0.25) is 15.9 Å². The SMILES string of the molecule is COc1ccc(S(=O)(=O)N[C@H](CC(C)C)C(=O)Nc2ccc(F)cc2)cc1. The summed E-state index contributed by atoms with van der Waals surface area (Å²) in [5, 5.41) is 2.61. The Morgan fingerprint density at radius 1 is 1.07 bits per heavy atom. The molecule has 0 spiro atoms. The topological polar surface area (TPSA) is 84.5 Å². The minimum Gasteiger partial charge on any atom is -0.497 e. The molecule has 0 aromatic heterocycles. The summed E-state index contributed by atoms with van der Waals surface area (Å²) in [5.74, 6) is -0.325. The average Bonchev–Trinajstić information content (AvgIpc) is 2.62. The largest absolute Gasteiger partial charge is 0.497 e. The molecular formula is C19H23FN2O4S. The molecule has 1 atom stereocenters. The number of ether oxygens (including phenoxy) is 1. The van der Waals surface area contributed by atoms with Crippen molar-refractivity contribution in [3.05, 3.63) is 54.3 Å². The number of halogens is 1. The number of rotatable bonds is 8. The number of carbonyl (C=O) groups excluding carboxylic acids is 1. The van der Waals surface area contributed by atoms with E-state index in [1.54, 1.807) is 0 Å². The number of sulfonamides is 1. The fourth-order valence-electron chi connectivity index (χ4n) is 2.45. The van der Waals surface area contributed by atoms with Crippen LogP contribution in [0.3, 0.4) is 0 Å². The van der Waals surface area contributed by atoms with Crippen LogP contribution >= 0.6 is 0 Å². The monoisotopic (exact) mass is 394 g/mol. The Morgan fingerprint density at radius 2 is 1.67 bits per heavy atom. The highest BCUT2D eigenvalue weighted by Gasteiger charge is 2.26. The van der Waals surface area contributed by atoms with Crippen LogP contribution in [0.5, 0.6) is 5.75 Å². The van der Waals surface area contributed by atoms with E-state index in [9.17, 15) is 17.6 Å². The minimum atomic E-state index is -3.90. The maximum atomic E-state index is 13.0. The van der Waals surface area contributed by atoms with Gasteiger partial charge in [-0.2, -0.15) is 4.72 Å². The molecule has 0 saturated carbocycles. The molecule has 2 N–H and O–H groups in total. The molecule has 6 nitrogen and oxygen atoms in total. The van der Waals surface area contributed by atoms with Crippen LogP contribution in [-0.4, -0.2) is 27.5 Å². The summed E-state index contributed by atoms with van der Waals surface area (Å²) in [5.41, 5.74) is 0.388. The third-order valence-electron chi connectivity index (χ3n) is 3.80. The molecule has 0 heterocycles. The van der Waals surface area contributed by atoms with Crippen molar-refractivity contribution in [2.45, 2.75) is 31.2 Å². The van der Waals surface area contributed by atoms with Crippen molar-refractivity contribution >= 4 is 21.6 Å². The van der Waals surface area contributed by atoms with Crippen molar-refractivity contribution in [1.29, 1.82) is 0 Å². The molecule has 0 bridgehead atoms. The van der Waals surface area contributed by atoms with E-state index in [2.05, 4.69) is 10.0 Å². The van der Waals surface area contributed by atoms with Gasteiger partial charge in [-0.1, -0.05) is 13.8 Å². The van der Waals surface area contributed by atoms with Crippen LogP contribution in [0.25, 0.3) is 0 Å². The third kappa shape index (κ3) is 6.04. The van der Waals surface area contributed by atoms with Crippen LogP contribution in [0.1, 0.15) is 20.3 Å². The number of anilines is 1. The molecule has 2 aromatic rings. The first-order chi connectivity index (χ1) is 12.7. The van der Waals surface area contributed by atoms with Crippen molar-refractivity contribution in [2.24, 2.45) is 5.92 Å². The second kappa shape index (κ2) is 8.96. The summed E-state index contributed by atoms with van der Waals surface area (Å²) in [6.07, 6.45) is 0.308. The van der Waals surface area contributed by atoms with E-state index in [0.717, 1.165) is 0 Å². The number of benzene rings is 2. The molecule has 0 aliphatic rings. The van der Waals surface area contributed by atoms with Crippen molar-refractivity contribution in [2.75, 3.05) is 12.4 Å². The Balaban J connectivity index is 2.18. The van der Waals surface area contributed by atoms with Crippen molar-refractivity contribution in [1.82, 2.24) is 4.72 Å². The number of hydrogen-bond acceptors (Lipinski definition) is 4. The summed E-state index contributed by atoms with van der Waals surface area (Å²) in [6, 6.07) is 10.2. The number of nitrogens with one attached hydrogen (secondary N) is 2. The maximum absolute atomic E-state index is 13.0. The van der Waals surface area contributed by atoms with Crippen LogP contribution in [0.2, 0.25) is 0 Å². The van der Waals surface area contributed by atoms with Gasteiger partial charge in [0.25, 0.3) is 0 Å². The molecule has 0 fully saturated rings. The Labute approximate surface area is 158 Å². The fraction of sp³-hybridized carbons (Fsp3) is 0.316. The van der Waals surface area contributed by atoms with E-state index in [1.807, 2.05) is 13.8 Å². The summed E-state index contributed by atoms with van der Waals surface area (Å²) < 4.78 is 45.8. The van der Waals surface area contributed by atoms with Crippen LogP contribution in [0, 0.1) is 11.7 Å². The van der Waals surface area contributed by atoms with E-state index in [1.165, 1.54) is 55.6 Å². The van der Waals surface area contributed by atoms with Gasteiger partial charge in [0.05, 0.1) is 12.0 Å². The lowest BCUT2D eigenvalue weighted by Gasteiger charge is -2.20. The molecule has 1 amide bonds. The number of methoxy groups -OCH3 is 1. The molecule has 146 valence electrons. The molecule has 0 radical (unpaired) electrons. The molecule has 8 heteroatoms. The highest BCUT2D eigenvalue weighted by atomic mass is 32.2. The third-order valence-corrected chi connectivity index (χ3v) is 5.29. The predicted molar refractivity (Wildman–Crippen MR) is 102 cm³/mol. The first-order valence-electron chi connectivity index (χ1n) is 8.44. The maximum Gasteiger partial charge on any atom is 0.242 e. The zero-order valence-electron chi connectivity index (χ0n) is 15.4. The summed E-state index contributed by atoms with van der Waals surface area (Å²) in [6.45, 7) is 3.78. The minimum absolute atomic E-state index is 0.0339. The molecule has 2 rings (SSSR count). The van der Waals surface area contributed by atoms with Crippen LogP contribution in [0.4, 0.5) is 10.1 Å². The fourth-order valence-corrected chi connectivity index (χ4v) is 3.66. The Hall–Kier alpha value is -2.45. The van der Waals surface area contributed by atoms with Gasteiger partial charge >= 0.3 is 0 Å². The second-order valence-electron chi connectivity index (χ2n) is 6.48. The van der Waals surface area contributed by atoms with E-state index < -0.39 is 27.8 Å². The number of amides is 1. The lowest BCUT2D eigenvalue weighted by Crippen LogP contribution is -2.44. The summed E-state index contributed by atoms with van der Waals surface area (Å²) in [4.78, 5) is 12.6. The molecule has 0 aliphatic carbocycles. The first-order valence-corrected chi connectivity index (χ1v) is 9.92. The van der Waals surface area contributed by atoms with Gasteiger partial charge in [0.1, 0.15) is 17.6 Å². The Kier molecular flexibility index (Phi) is 6.92. The van der Waals surface area contributed by atoms with E-state index in [4.69, 9.17) is 4.74 Å². The quantitative estimate of drug-likeness (QED) is 0.720. The number of hydrogen-bond donors (Lipinski definition) is 2. The highest BCUT2D eigenvalue weighted by molar-refractivity contribution is 7.89.